The number of nitrogens with one attached hydrogen (secondary N) is 2. The number of nitrogen functional groups attached to an aromatic ring is 1. The van der Waals surface area contributed by atoms with Gasteiger partial charge in [-0.25, -0.2) is 15.8 Å². The van der Waals surface area contributed by atoms with Gasteiger partial charge in [-0.05, 0) is 19.1 Å². The smallest absolute Gasteiger partial charge is 0.364 e. The number of hydrogen-bond acceptors (Lipinski definition) is 6. The number of rotatable bonds is 4. The van der Waals surface area contributed by atoms with E-state index in [2.05, 4.69) is 20.7 Å². The van der Waals surface area contributed by atoms with Crippen molar-refractivity contribution in [3.63, 3.8) is 0 Å². The van der Waals surface area contributed by atoms with Gasteiger partial charge in [0.25, 0.3) is 0 Å². The number of nitrogens with two attached hydrogens (primary N) is 1. The first-order chi connectivity index (χ1) is 9.38. The highest BCUT2D eigenvalue weighted by molar-refractivity contribution is 7.09. The molecule has 0 saturated heterocycles. The minimum atomic E-state index is -4.46. The largest absolute Gasteiger partial charge is 0.416 e. The molecule has 0 spiro atoms. The van der Waals surface area contributed by atoms with E-state index in [1.165, 1.54) is 11.3 Å². The molecule has 0 amide bonds. The Balaban J connectivity index is 2.18. The summed E-state index contributed by atoms with van der Waals surface area (Å²) in [5, 5.41) is 5.52. The molecule has 2 heterocycles. The maximum absolute atomic E-state index is 12.7. The summed E-state index contributed by atoms with van der Waals surface area (Å²) in [7, 11) is 0. The molecule has 4 N–H and O–H groups in total. The van der Waals surface area contributed by atoms with Crippen LogP contribution in [0.25, 0.3) is 0 Å². The lowest BCUT2D eigenvalue weighted by Crippen LogP contribution is -2.14. The van der Waals surface area contributed by atoms with Crippen LogP contribution in [0.2, 0.25) is 0 Å². The summed E-state index contributed by atoms with van der Waals surface area (Å²) in [6.45, 7) is 2.15. The summed E-state index contributed by atoms with van der Waals surface area (Å²) in [6, 6.07) is 1.78. The zero-order valence-electron chi connectivity index (χ0n) is 10.5. The third-order valence-corrected chi connectivity index (χ3v) is 3.24. The average Bonchev–Trinajstić information content (AvgIpc) is 2.81. The van der Waals surface area contributed by atoms with E-state index in [1.807, 2.05) is 12.3 Å². The molecule has 0 aliphatic heterocycles. The van der Waals surface area contributed by atoms with Crippen molar-refractivity contribution in [2.75, 3.05) is 10.7 Å². The lowest BCUT2D eigenvalue weighted by atomic mass is 10.2. The number of hydrogen-bond donors (Lipinski definition) is 3. The van der Waals surface area contributed by atoms with Crippen LogP contribution >= 0.6 is 11.3 Å². The molecule has 0 unspecified atom stereocenters. The van der Waals surface area contributed by atoms with Gasteiger partial charge in [0, 0.05) is 5.38 Å². The van der Waals surface area contributed by atoms with Crippen molar-refractivity contribution < 1.29 is 13.2 Å². The van der Waals surface area contributed by atoms with Crippen LogP contribution in [0.1, 0.15) is 16.3 Å². The van der Waals surface area contributed by atoms with E-state index in [0.717, 1.165) is 22.8 Å². The second-order valence-corrected chi connectivity index (χ2v) is 5.04. The van der Waals surface area contributed by atoms with Gasteiger partial charge in [-0.15, -0.1) is 11.3 Å². The van der Waals surface area contributed by atoms with Crippen LogP contribution in [0.4, 0.5) is 24.8 Å². The van der Waals surface area contributed by atoms with Gasteiger partial charge in [-0.1, -0.05) is 0 Å². The summed E-state index contributed by atoms with van der Waals surface area (Å²) in [5.41, 5.74) is 2.04. The van der Waals surface area contributed by atoms with E-state index >= 15 is 0 Å². The van der Waals surface area contributed by atoms with E-state index in [-0.39, 0.29) is 11.6 Å². The van der Waals surface area contributed by atoms with Gasteiger partial charge < -0.3 is 10.7 Å². The number of halogens is 3. The number of aryl methyl sites for hydroxylation is 1. The van der Waals surface area contributed by atoms with Crippen LogP contribution in [0.3, 0.4) is 0 Å². The molecule has 20 heavy (non-hydrogen) atoms. The number of thiazole rings is 1. The van der Waals surface area contributed by atoms with Gasteiger partial charge in [-0.2, -0.15) is 13.2 Å². The van der Waals surface area contributed by atoms with Gasteiger partial charge in [0.2, 0.25) is 0 Å². The van der Waals surface area contributed by atoms with Crippen LogP contribution in [0, 0.1) is 6.92 Å². The molecule has 0 aliphatic rings. The fourth-order valence-corrected chi connectivity index (χ4v) is 2.14. The Morgan fingerprint density at radius 2 is 1.95 bits per heavy atom. The fourth-order valence-electron chi connectivity index (χ4n) is 1.53. The van der Waals surface area contributed by atoms with Crippen molar-refractivity contribution in [2.45, 2.75) is 19.6 Å². The molecular formula is C11H12F3N5S. The molecule has 0 fully saturated rings. The number of pyridine rings is 1. The number of anilines is 2. The first-order valence-electron chi connectivity index (χ1n) is 5.59. The predicted molar refractivity (Wildman–Crippen MR) is 71.2 cm³/mol. The van der Waals surface area contributed by atoms with Crippen LogP contribution in [-0.4, -0.2) is 9.97 Å². The Hall–Kier alpha value is -1.87. The Morgan fingerprint density at radius 3 is 2.50 bits per heavy atom. The molecule has 0 bridgehead atoms. The standard InChI is InChI=1S/C11H12F3N5S/c1-6-17-8(5-20-6)4-16-9-2-7(11(12,13)14)3-10(18-9)19-15/h2-3,5H,4,15H2,1H3,(H2,16,18,19). The third kappa shape index (κ3) is 3.58. The molecule has 2 rings (SSSR count). The maximum Gasteiger partial charge on any atom is 0.416 e. The number of alkyl halides is 3. The molecule has 2 aromatic rings. The van der Waals surface area contributed by atoms with Crippen LogP contribution < -0.4 is 16.6 Å². The summed E-state index contributed by atoms with van der Waals surface area (Å²) in [6.07, 6.45) is -4.46. The maximum atomic E-state index is 12.7. The summed E-state index contributed by atoms with van der Waals surface area (Å²) in [5.74, 6) is 5.15. The summed E-state index contributed by atoms with van der Waals surface area (Å²) < 4.78 is 38.1. The number of aromatic nitrogens is 2. The van der Waals surface area contributed by atoms with E-state index in [1.54, 1.807) is 0 Å². The quantitative estimate of drug-likeness (QED) is 0.598. The first kappa shape index (κ1) is 14.5. The molecule has 0 saturated carbocycles. The highest BCUT2D eigenvalue weighted by Crippen LogP contribution is 2.31. The van der Waals surface area contributed by atoms with Gasteiger partial charge in [0.15, 0.2) is 0 Å². The van der Waals surface area contributed by atoms with Crippen molar-refractivity contribution >= 4 is 23.0 Å². The van der Waals surface area contributed by atoms with Gasteiger partial charge >= 0.3 is 6.18 Å². The summed E-state index contributed by atoms with van der Waals surface area (Å²) >= 11 is 1.47. The van der Waals surface area contributed by atoms with E-state index in [4.69, 9.17) is 5.84 Å². The van der Waals surface area contributed by atoms with Crippen molar-refractivity contribution in [3.05, 3.63) is 33.8 Å². The Labute approximate surface area is 117 Å². The molecule has 0 atom stereocenters. The Bertz CT molecular complexity index is 596. The Morgan fingerprint density at radius 1 is 1.25 bits per heavy atom. The molecule has 0 aliphatic carbocycles. The highest BCUT2D eigenvalue weighted by atomic mass is 32.1. The highest BCUT2D eigenvalue weighted by Gasteiger charge is 2.31. The zero-order valence-corrected chi connectivity index (χ0v) is 11.3. The average molecular weight is 303 g/mol. The molecule has 0 radical (unpaired) electrons. The number of nitrogens with zero attached hydrogens (tertiary/aromatic N) is 2. The minimum Gasteiger partial charge on any atom is -0.364 e. The summed E-state index contributed by atoms with van der Waals surface area (Å²) in [4.78, 5) is 8.12. The van der Waals surface area contributed by atoms with E-state index in [0.29, 0.717) is 6.54 Å². The van der Waals surface area contributed by atoms with Gasteiger partial charge in [0.05, 0.1) is 22.8 Å². The van der Waals surface area contributed by atoms with Crippen molar-refractivity contribution in [3.8, 4) is 0 Å². The van der Waals surface area contributed by atoms with Crippen LogP contribution in [-0.2, 0) is 12.7 Å². The van der Waals surface area contributed by atoms with Gasteiger partial charge in [-0.3, -0.25) is 0 Å². The number of hydrazine groups is 1. The van der Waals surface area contributed by atoms with E-state index in [9.17, 15) is 13.2 Å². The topological polar surface area (TPSA) is 75.9 Å². The Kier molecular flexibility index (Phi) is 4.09. The molecule has 108 valence electrons. The minimum absolute atomic E-state index is 0.0585. The molecule has 9 heteroatoms. The van der Waals surface area contributed by atoms with Crippen molar-refractivity contribution in [1.82, 2.24) is 9.97 Å². The monoisotopic (exact) mass is 303 g/mol. The second-order valence-electron chi connectivity index (χ2n) is 3.98. The van der Waals surface area contributed by atoms with Crippen molar-refractivity contribution in [1.29, 1.82) is 0 Å². The van der Waals surface area contributed by atoms with Crippen molar-refractivity contribution in [2.24, 2.45) is 5.84 Å². The van der Waals surface area contributed by atoms with Crippen LogP contribution in [0.5, 0.6) is 0 Å². The van der Waals surface area contributed by atoms with Gasteiger partial charge in [0.1, 0.15) is 11.6 Å². The predicted octanol–water partition coefficient (Wildman–Crippen LogP) is 2.76. The lowest BCUT2D eigenvalue weighted by Gasteiger charge is -2.11. The lowest BCUT2D eigenvalue weighted by molar-refractivity contribution is -0.137. The molecular weight excluding hydrogens is 291 g/mol. The third-order valence-electron chi connectivity index (χ3n) is 2.42. The molecule has 0 aromatic carbocycles. The van der Waals surface area contributed by atoms with Crippen LogP contribution in [0.15, 0.2) is 17.5 Å². The SMILES string of the molecule is Cc1nc(CNc2cc(C(F)(F)F)cc(NN)n2)cs1. The molecule has 2 aromatic heterocycles. The second kappa shape index (κ2) is 5.63. The first-order valence-corrected chi connectivity index (χ1v) is 6.47. The zero-order chi connectivity index (χ0) is 14.8. The van der Waals surface area contributed by atoms with E-state index < -0.39 is 11.7 Å². The normalized spacial score (nSPS) is 11.4. The fraction of sp³-hybridized carbons (Fsp3) is 0.273. The molecule has 5 nitrogen and oxygen atoms in total.